The average molecular weight is 481 g/mol. The van der Waals surface area contributed by atoms with Crippen molar-refractivity contribution < 1.29 is 9.53 Å². The maximum atomic E-state index is 13.1. The van der Waals surface area contributed by atoms with Crippen LogP contribution in [0.2, 0.25) is 5.02 Å². The molecule has 0 radical (unpaired) electrons. The van der Waals surface area contributed by atoms with Crippen molar-refractivity contribution in [3.05, 3.63) is 120 Å². The van der Waals surface area contributed by atoms with E-state index in [-0.39, 0.29) is 5.82 Å². The summed E-state index contributed by atoms with van der Waals surface area (Å²) in [6.45, 7) is 1.98. The highest BCUT2D eigenvalue weighted by Gasteiger charge is 2.20. The zero-order valence-electron chi connectivity index (χ0n) is 18.9. The van der Waals surface area contributed by atoms with Crippen molar-refractivity contribution in [3.63, 3.8) is 0 Å². The van der Waals surface area contributed by atoms with Crippen LogP contribution in [-0.4, -0.2) is 20.7 Å². The van der Waals surface area contributed by atoms with Crippen molar-refractivity contribution in [2.45, 2.75) is 6.92 Å². The number of ether oxygens (including phenoxy) is 1. The van der Waals surface area contributed by atoms with Crippen molar-refractivity contribution in [2.24, 2.45) is 0 Å². The van der Waals surface area contributed by atoms with Crippen LogP contribution in [-0.2, 0) is 0 Å². The Bertz CT molecular complexity index is 1480. The third kappa shape index (κ3) is 5.08. The molecule has 0 atom stereocenters. The Balaban J connectivity index is 1.42. The number of anilines is 1. The summed E-state index contributed by atoms with van der Waals surface area (Å²) in [5.41, 5.74) is 3.19. The summed E-state index contributed by atoms with van der Waals surface area (Å²) >= 11 is 6.22. The first-order chi connectivity index (χ1) is 17.1. The quantitative estimate of drug-likeness (QED) is 0.286. The van der Waals surface area contributed by atoms with E-state index in [1.165, 1.54) is 0 Å². The molecule has 35 heavy (non-hydrogen) atoms. The van der Waals surface area contributed by atoms with E-state index in [0.29, 0.717) is 22.3 Å². The maximum absolute atomic E-state index is 13.1. The fourth-order valence-corrected chi connectivity index (χ4v) is 3.80. The van der Waals surface area contributed by atoms with Crippen LogP contribution in [0.4, 0.5) is 5.69 Å². The molecule has 0 saturated heterocycles. The van der Waals surface area contributed by atoms with Crippen LogP contribution in [0.15, 0.2) is 103 Å². The number of aromatic nitrogens is 3. The predicted molar refractivity (Wildman–Crippen MR) is 137 cm³/mol. The van der Waals surface area contributed by atoms with E-state index in [1.807, 2.05) is 73.7 Å². The summed E-state index contributed by atoms with van der Waals surface area (Å²) in [5, 5.41) is 7.98. The molecule has 0 aliphatic heterocycles. The Morgan fingerprint density at radius 1 is 0.857 bits per heavy atom. The second-order valence-electron chi connectivity index (χ2n) is 7.86. The van der Waals surface area contributed by atoms with Crippen molar-refractivity contribution >= 4 is 23.2 Å². The molecule has 0 saturated carbocycles. The lowest BCUT2D eigenvalue weighted by atomic mass is 10.2. The molecule has 5 aromatic rings. The first-order valence-electron chi connectivity index (χ1n) is 11.0. The number of nitrogens with zero attached hydrogens (tertiary/aromatic N) is 3. The number of hydrogen-bond donors (Lipinski definition) is 1. The minimum Gasteiger partial charge on any atom is -0.457 e. The number of para-hydroxylation sites is 2. The molecule has 0 aliphatic rings. The third-order valence-corrected chi connectivity index (χ3v) is 5.56. The lowest BCUT2D eigenvalue weighted by molar-refractivity contribution is 0.101. The number of hydrogen-bond acceptors (Lipinski definition) is 4. The number of amides is 1. The van der Waals surface area contributed by atoms with Gasteiger partial charge < -0.3 is 10.1 Å². The van der Waals surface area contributed by atoms with Crippen LogP contribution >= 0.6 is 11.6 Å². The van der Waals surface area contributed by atoms with Gasteiger partial charge >= 0.3 is 0 Å². The van der Waals surface area contributed by atoms with Gasteiger partial charge in [0.05, 0.1) is 5.69 Å². The van der Waals surface area contributed by atoms with Gasteiger partial charge in [0.25, 0.3) is 5.91 Å². The first kappa shape index (κ1) is 22.4. The highest BCUT2D eigenvalue weighted by Crippen LogP contribution is 2.26. The van der Waals surface area contributed by atoms with Gasteiger partial charge in [0.15, 0.2) is 5.82 Å². The molecule has 0 spiro atoms. The lowest BCUT2D eigenvalue weighted by Gasteiger charge is -2.09. The molecule has 0 fully saturated rings. The number of carbonyl (C=O) groups excluding carboxylic acids is 1. The van der Waals surface area contributed by atoms with Gasteiger partial charge in [-0.2, -0.15) is 0 Å². The summed E-state index contributed by atoms with van der Waals surface area (Å²) in [6.07, 6.45) is 0. The SMILES string of the molecule is Cc1ccccc1-n1nc(C(=O)Nc2ccc(Oc3ccccc3)cc2)nc1-c1cccc(Cl)c1. The van der Waals surface area contributed by atoms with E-state index in [0.717, 1.165) is 22.6 Å². The van der Waals surface area contributed by atoms with Gasteiger partial charge in [0.1, 0.15) is 11.5 Å². The van der Waals surface area contributed by atoms with Gasteiger partial charge in [0.2, 0.25) is 5.82 Å². The van der Waals surface area contributed by atoms with Crippen LogP contribution < -0.4 is 10.1 Å². The fraction of sp³-hybridized carbons (Fsp3) is 0.0357. The topological polar surface area (TPSA) is 69.0 Å². The van der Waals surface area contributed by atoms with E-state index in [4.69, 9.17) is 16.3 Å². The van der Waals surface area contributed by atoms with E-state index in [2.05, 4.69) is 15.4 Å². The predicted octanol–water partition coefficient (Wildman–Crippen LogP) is 6.94. The van der Waals surface area contributed by atoms with E-state index < -0.39 is 5.91 Å². The number of halogens is 1. The zero-order valence-corrected chi connectivity index (χ0v) is 19.6. The van der Waals surface area contributed by atoms with Crippen molar-refractivity contribution in [1.82, 2.24) is 14.8 Å². The monoisotopic (exact) mass is 480 g/mol. The maximum Gasteiger partial charge on any atom is 0.295 e. The molecule has 172 valence electrons. The molecule has 5 rings (SSSR count). The van der Waals surface area contributed by atoms with E-state index >= 15 is 0 Å². The van der Waals surface area contributed by atoms with Gasteiger partial charge in [-0.3, -0.25) is 4.79 Å². The van der Waals surface area contributed by atoms with Gasteiger partial charge in [0, 0.05) is 16.3 Å². The Morgan fingerprint density at radius 3 is 2.31 bits per heavy atom. The minimum atomic E-state index is -0.419. The zero-order chi connectivity index (χ0) is 24.2. The van der Waals surface area contributed by atoms with Crippen LogP contribution in [0, 0.1) is 6.92 Å². The summed E-state index contributed by atoms with van der Waals surface area (Å²) in [7, 11) is 0. The van der Waals surface area contributed by atoms with Crippen molar-refractivity contribution in [1.29, 1.82) is 0 Å². The lowest BCUT2D eigenvalue weighted by Crippen LogP contribution is -2.14. The molecule has 0 unspecified atom stereocenters. The molecule has 0 bridgehead atoms. The molecule has 4 aromatic carbocycles. The number of carbonyl (C=O) groups is 1. The normalized spacial score (nSPS) is 10.7. The molecular formula is C28H21ClN4O2. The van der Waals surface area contributed by atoms with Gasteiger partial charge in [-0.25, -0.2) is 9.67 Å². The number of rotatable bonds is 6. The van der Waals surface area contributed by atoms with Crippen LogP contribution in [0.5, 0.6) is 11.5 Å². The number of benzene rings is 4. The smallest absolute Gasteiger partial charge is 0.295 e. The molecule has 1 heterocycles. The summed E-state index contributed by atoms with van der Waals surface area (Å²) in [5.74, 6) is 1.56. The molecule has 1 N–H and O–H groups in total. The molecular weight excluding hydrogens is 460 g/mol. The number of nitrogens with one attached hydrogen (secondary N) is 1. The average Bonchev–Trinajstić information content (AvgIpc) is 3.32. The second-order valence-corrected chi connectivity index (χ2v) is 8.30. The fourth-order valence-electron chi connectivity index (χ4n) is 3.61. The molecule has 7 heteroatoms. The van der Waals surface area contributed by atoms with Crippen LogP contribution in [0.3, 0.4) is 0 Å². The van der Waals surface area contributed by atoms with Gasteiger partial charge in [-0.1, -0.05) is 60.1 Å². The second kappa shape index (κ2) is 9.83. The highest BCUT2D eigenvalue weighted by atomic mass is 35.5. The Labute approximate surface area is 207 Å². The molecule has 1 aromatic heterocycles. The van der Waals surface area contributed by atoms with Crippen LogP contribution in [0.25, 0.3) is 17.1 Å². The summed E-state index contributed by atoms with van der Waals surface area (Å²) < 4.78 is 7.48. The number of aryl methyl sites for hydroxylation is 1. The minimum absolute atomic E-state index is 0.0489. The molecule has 0 aliphatic carbocycles. The summed E-state index contributed by atoms with van der Waals surface area (Å²) in [6, 6.07) is 31.7. The Morgan fingerprint density at radius 2 is 1.57 bits per heavy atom. The third-order valence-electron chi connectivity index (χ3n) is 5.33. The van der Waals surface area contributed by atoms with Gasteiger partial charge in [-0.05, 0) is 67.1 Å². The van der Waals surface area contributed by atoms with Gasteiger partial charge in [-0.15, -0.1) is 5.10 Å². The highest BCUT2D eigenvalue weighted by molar-refractivity contribution is 6.30. The summed E-state index contributed by atoms with van der Waals surface area (Å²) in [4.78, 5) is 17.6. The Hall–Kier alpha value is -4.42. The van der Waals surface area contributed by atoms with E-state index in [9.17, 15) is 4.79 Å². The van der Waals surface area contributed by atoms with Crippen molar-refractivity contribution in [2.75, 3.05) is 5.32 Å². The Kier molecular flexibility index (Phi) is 6.28. The standard InChI is InChI=1S/C28H21ClN4O2/c1-19-8-5-6-13-25(19)33-27(20-9-7-10-21(29)18-20)31-26(32-33)28(34)30-22-14-16-24(17-15-22)35-23-11-3-2-4-12-23/h2-18H,1H3,(H,30,34). The largest absolute Gasteiger partial charge is 0.457 e. The molecule has 6 nitrogen and oxygen atoms in total. The van der Waals surface area contributed by atoms with E-state index in [1.54, 1.807) is 41.1 Å². The van der Waals surface area contributed by atoms with Crippen LogP contribution in [0.1, 0.15) is 16.2 Å². The molecule has 1 amide bonds. The first-order valence-corrected chi connectivity index (χ1v) is 11.4. The van der Waals surface area contributed by atoms with Crippen molar-refractivity contribution in [3.8, 4) is 28.6 Å².